The average Bonchev–Trinajstić information content (AvgIpc) is 2.42. The Morgan fingerprint density at radius 2 is 1.93 bits per heavy atom. The number of ether oxygens (including phenoxy) is 1. The van der Waals surface area contributed by atoms with Crippen LogP contribution in [0.4, 0.5) is 0 Å². The first-order valence-corrected chi connectivity index (χ1v) is 6.36. The Hall–Kier alpha value is -0.120. The van der Waals surface area contributed by atoms with Gasteiger partial charge in [0.05, 0.1) is 0 Å². The highest BCUT2D eigenvalue weighted by molar-refractivity contribution is 4.89. The second-order valence-corrected chi connectivity index (χ2v) is 5.04. The Bertz CT molecular complexity index is 200. The van der Waals surface area contributed by atoms with Crippen LogP contribution in [0.25, 0.3) is 0 Å². The van der Waals surface area contributed by atoms with Gasteiger partial charge >= 0.3 is 0 Å². The van der Waals surface area contributed by atoms with Crippen LogP contribution in [0, 0.1) is 0 Å². The minimum Gasteiger partial charge on any atom is -0.360 e. The second-order valence-electron chi connectivity index (χ2n) is 5.04. The summed E-state index contributed by atoms with van der Waals surface area (Å²) in [5, 5.41) is 3.43. The van der Waals surface area contributed by atoms with Gasteiger partial charge in [0.2, 0.25) is 0 Å². The number of hydrogen-bond acceptors (Lipinski definition) is 3. The van der Waals surface area contributed by atoms with Crippen LogP contribution in [0.15, 0.2) is 0 Å². The Morgan fingerprint density at radius 1 is 1.20 bits per heavy atom. The smallest absolute Gasteiger partial charge is 0.124 e. The van der Waals surface area contributed by atoms with Crippen LogP contribution in [-0.4, -0.2) is 42.9 Å². The van der Waals surface area contributed by atoms with Crippen LogP contribution >= 0.6 is 0 Å². The van der Waals surface area contributed by atoms with Gasteiger partial charge in [-0.15, -0.1) is 0 Å². The quantitative estimate of drug-likeness (QED) is 0.714. The molecule has 0 aromatic carbocycles. The minimum absolute atomic E-state index is 0.0515. The molecule has 0 aromatic heterocycles. The highest BCUT2D eigenvalue weighted by Crippen LogP contribution is 2.32. The summed E-state index contributed by atoms with van der Waals surface area (Å²) in [5.74, 6) is 0. The summed E-state index contributed by atoms with van der Waals surface area (Å²) < 4.78 is 6.19. The van der Waals surface area contributed by atoms with Gasteiger partial charge in [-0.3, -0.25) is 4.90 Å². The van der Waals surface area contributed by atoms with Crippen LogP contribution in [0.3, 0.4) is 0 Å². The van der Waals surface area contributed by atoms with Crippen LogP contribution in [0.2, 0.25) is 0 Å². The van der Waals surface area contributed by atoms with Crippen molar-refractivity contribution in [1.82, 2.24) is 10.2 Å². The zero-order valence-corrected chi connectivity index (χ0v) is 10.1. The topological polar surface area (TPSA) is 24.5 Å². The molecule has 88 valence electrons. The molecular weight excluding hydrogens is 188 g/mol. The molecule has 1 N–H and O–H groups in total. The number of nitrogens with zero attached hydrogens (tertiary/aromatic N) is 1. The maximum Gasteiger partial charge on any atom is 0.124 e. The van der Waals surface area contributed by atoms with Gasteiger partial charge in [0.25, 0.3) is 0 Å². The summed E-state index contributed by atoms with van der Waals surface area (Å²) in [6, 6.07) is 0.598. The van der Waals surface area contributed by atoms with Gasteiger partial charge in [-0.2, -0.15) is 0 Å². The zero-order chi connectivity index (χ0) is 10.7. The van der Waals surface area contributed by atoms with Crippen molar-refractivity contribution >= 4 is 0 Å². The number of piperidine rings is 1. The van der Waals surface area contributed by atoms with E-state index in [1.165, 1.54) is 19.4 Å². The summed E-state index contributed by atoms with van der Waals surface area (Å²) >= 11 is 0. The van der Waals surface area contributed by atoms with Crippen LogP contribution in [-0.2, 0) is 4.74 Å². The molecule has 3 heteroatoms. The van der Waals surface area contributed by atoms with Crippen molar-refractivity contribution in [2.24, 2.45) is 0 Å². The van der Waals surface area contributed by atoms with Gasteiger partial charge < -0.3 is 10.1 Å². The predicted molar refractivity (Wildman–Crippen MR) is 61.9 cm³/mol. The molecule has 2 saturated heterocycles. The van der Waals surface area contributed by atoms with E-state index < -0.39 is 0 Å². The molecule has 2 aliphatic heterocycles. The minimum atomic E-state index is 0.0515. The molecule has 0 aliphatic carbocycles. The maximum atomic E-state index is 6.19. The molecule has 0 saturated carbocycles. The SMILES string of the molecule is CC(C)N1CCCCOC12CCNCC2. The third-order valence-corrected chi connectivity index (χ3v) is 3.70. The third kappa shape index (κ3) is 2.35. The number of nitrogens with one attached hydrogen (secondary N) is 1. The van der Waals surface area contributed by atoms with E-state index in [-0.39, 0.29) is 5.72 Å². The van der Waals surface area contributed by atoms with E-state index in [2.05, 4.69) is 24.1 Å². The Kier molecular flexibility index (Phi) is 3.65. The molecule has 2 aliphatic rings. The van der Waals surface area contributed by atoms with Crippen molar-refractivity contribution in [3.05, 3.63) is 0 Å². The fourth-order valence-corrected chi connectivity index (χ4v) is 2.91. The summed E-state index contributed by atoms with van der Waals surface area (Å²) in [5.41, 5.74) is 0.0515. The molecular formula is C12H24N2O. The van der Waals surface area contributed by atoms with Gasteiger partial charge in [-0.25, -0.2) is 0 Å². The van der Waals surface area contributed by atoms with Gasteiger partial charge in [0.15, 0.2) is 0 Å². The third-order valence-electron chi connectivity index (χ3n) is 3.70. The molecule has 0 unspecified atom stereocenters. The van der Waals surface area contributed by atoms with Crippen molar-refractivity contribution in [2.45, 2.75) is 51.3 Å². The lowest BCUT2D eigenvalue weighted by Crippen LogP contribution is -2.58. The van der Waals surface area contributed by atoms with Crippen molar-refractivity contribution in [2.75, 3.05) is 26.2 Å². The molecule has 0 amide bonds. The molecule has 2 rings (SSSR count). The van der Waals surface area contributed by atoms with E-state index >= 15 is 0 Å². The zero-order valence-electron chi connectivity index (χ0n) is 10.1. The molecule has 2 heterocycles. The van der Waals surface area contributed by atoms with E-state index in [1.807, 2.05) is 0 Å². The fraction of sp³-hybridized carbons (Fsp3) is 1.00. The highest BCUT2D eigenvalue weighted by atomic mass is 16.5. The molecule has 15 heavy (non-hydrogen) atoms. The molecule has 0 atom stereocenters. The van der Waals surface area contributed by atoms with Crippen molar-refractivity contribution in [3.8, 4) is 0 Å². The van der Waals surface area contributed by atoms with E-state index in [0.29, 0.717) is 6.04 Å². The predicted octanol–water partition coefficient (Wildman–Crippen LogP) is 1.59. The normalized spacial score (nSPS) is 28.2. The average molecular weight is 212 g/mol. The second kappa shape index (κ2) is 4.81. The number of rotatable bonds is 1. The maximum absolute atomic E-state index is 6.19. The first kappa shape index (κ1) is 11.4. The van der Waals surface area contributed by atoms with Gasteiger partial charge in [0, 0.05) is 32.0 Å². The molecule has 0 bridgehead atoms. The lowest BCUT2D eigenvalue weighted by Gasteiger charge is -2.47. The summed E-state index contributed by atoms with van der Waals surface area (Å²) in [6.07, 6.45) is 4.79. The number of hydrogen-bond donors (Lipinski definition) is 1. The van der Waals surface area contributed by atoms with Crippen molar-refractivity contribution < 1.29 is 4.74 Å². The van der Waals surface area contributed by atoms with E-state index in [1.54, 1.807) is 0 Å². The van der Waals surface area contributed by atoms with Gasteiger partial charge in [-0.05, 0) is 39.8 Å². The first-order chi connectivity index (χ1) is 7.25. The summed E-state index contributed by atoms with van der Waals surface area (Å²) in [4.78, 5) is 2.58. The van der Waals surface area contributed by atoms with E-state index in [4.69, 9.17) is 4.74 Å². The largest absolute Gasteiger partial charge is 0.360 e. The van der Waals surface area contributed by atoms with Crippen molar-refractivity contribution in [1.29, 1.82) is 0 Å². The highest BCUT2D eigenvalue weighted by Gasteiger charge is 2.40. The molecule has 1 spiro atoms. The Labute approximate surface area is 93.2 Å². The Morgan fingerprint density at radius 3 is 2.60 bits per heavy atom. The Balaban J connectivity index is 2.14. The van der Waals surface area contributed by atoms with Gasteiger partial charge in [-0.1, -0.05) is 0 Å². The van der Waals surface area contributed by atoms with E-state index in [0.717, 1.165) is 32.5 Å². The van der Waals surface area contributed by atoms with Gasteiger partial charge in [0.1, 0.15) is 5.72 Å². The van der Waals surface area contributed by atoms with Crippen LogP contribution < -0.4 is 5.32 Å². The molecule has 3 nitrogen and oxygen atoms in total. The molecule has 2 fully saturated rings. The lowest BCUT2D eigenvalue weighted by atomic mass is 9.98. The summed E-state index contributed by atoms with van der Waals surface area (Å²) in [7, 11) is 0. The molecule has 0 radical (unpaired) electrons. The monoisotopic (exact) mass is 212 g/mol. The van der Waals surface area contributed by atoms with Crippen molar-refractivity contribution in [3.63, 3.8) is 0 Å². The van der Waals surface area contributed by atoms with Crippen LogP contribution in [0.1, 0.15) is 39.5 Å². The van der Waals surface area contributed by atoms with Crippen LogP contribution in [0.5, 0.6) is 0 Å². The molecule has 0 aromatic rings. The lowest BCUT2D eigenvalue weighted by molar-refractivity contribution is -0.171. The fourth-order valence-electron chi connectivity index (χ4n) is 2.91. The standard InChI is InChI=1S/C12H24N2O/c1-11(2)14-9-3-4-10-15-12(14)5-7-13-8-6-12/h11,13H,3-10H2,1-2H3. The summed E-state index contributed by atoms with van der Waals surface area (Å²) in [6.45, 7) is 8.93. The first-order valence-electron chi connectivity index (χ1n) is 6.36. The van der Waals surface area contributed by atoms with E-state index in [9.17, 15) is 0 Å².